The number of hydrogen-bond donors (Lipinski definition) is 4. The number of fused-ring (bicyclic) bond motifs is 1. The molecule has 5 nitrogen and oxygen atoms in total. The van der Waals surface area contributed by atoms with E-state index in [-0.39, 0.29) is 17.9 Å². The standard InChI is InChI=1S/C16H23N3O2/c1-3-16(4-2,10-20)9-18-15(21)14-8-11-7-12(17)5-6-13(11)19-14/h5-8,19-20H,3-4,9-10,17H2,1-2H3,(H,18,21). The van der Waals surface area contributed by atoms with Crippen LogP contribution in [-0.4, -0.2) is 29.1 Å². The first-order valence-electron chi connectivity index (χ1n) is 7.31. The summed E-state index contributed by atoms with van der Waals surface area (Å²) in [5, 5.41) is 13.4. The first-order valence-corrected chi connectivity index (χ1v) is 7.31. The second-order valence-corrected chi connectivity index (χ2v) is 5.58. The third kappa shape index (κ3) is 3.19. The van der Waals surface area contributed by atoms with Crippen LogP contribution in [0.1, 0.15) is 37.2 Å². The Balaban J connectivity index is 2.12. The van der Waals surface area contributed by atoms with E-state index in [1.54, 1.807) is 12.1 Å². The Labute approximate surface area is 124 Å². The topological polar surface area (TPSA) is 91.1 Å². The van der Waals surface area contributed by atoms with E-state index in [9.17, 15) is 9.90 Å². The molecule has 2 aromatic rings. The molecule has 0 aliphatic rings. The Morgan fingerprint density at radius 3 is 2.67 bits per heavy atom. The van der Waals surface area contributed by atoms with Gasteiger partial charge in [-0.3, -0.25) is 4.79 Å². The number of benzene rings is 1. The van der Waals surface area contributed by atoms with Crippen LogP contribution in [0.25, 0.3) is 10.9 Å². The first kappa shape index (κ1) is 15.4. The van der Waals surface area contributed by atoms with Crippen LogP contribution in [0, 0.1) is 5.41 Å². The van der Waals surface area contributed by atoms with E-state index in [1.807, 2.05) is 26.0 Å². The highest BCUT2D eigenvalue weighted by atomic mass is 16.3. The van der Waals surface area contributed by atoms with Gasteiger partial charge in [0.1, 0.15) is 5.69 Å². The van der Waals surface area contributed by atoms with Gasteiger partial charge in [0, 0.05) is 28.6 Å². The molecule has 0 atom stereocenters. The number of H-pyrrole nitrogens is 1. The molecule has 0 fully saturated rings. The monoisotopic (exact) mass is 289 g/mol. The fourth-order valence-electron chi connectivity index (χ4n) is 2.42. The van der Waals surface area contributed by atoms with Gasteiger partial charge >= 0.3 is 0 Å². The minimum absolute atomic E-state index is 0.0729. The molecule has 2 rings (SSSR count). The zero-order valence-corrected chi connectivity index (χ0v) is 12.6. The normalized spacial score (nSPS) is 11.8. The summed E-state index contributed by atoms with van der Waals surface area (Å²) in [7, 11) is 0. The molecular weight excluding hydrogens is 266 g/mol. The Bertz CT molecular complexity index is 621. The number of nitrogens with one attached hydrogen (secondary N) is 2. The molecular formula is C16H23N3O2. The van der Waals surface area contributed by atoms with Crippen LogP contribution in [-0.2, 0) is 0 Å². The number of aromatic amines is 1. The molecule has 0 aliphatic heterocycles. The number of anilines is 1. The fraction of sp³-hybridized carbons (Fsp3) is 0.438. The summed E-state index contributed by atoms with van der Waals surface area (Å²) in [5.41, 5.74) is 7.56. The van der Waals surface area contributed by atoms with Crippen molar-refractivity contribution in [3.63, 3.8) is 0 Å². The maximum absolute atomic E-state index is 12.2. The molecule has 1 aromatic heterocycles. The van der Waals surface area contributed by atoms with Gasteiger partial charge in [0.15, 0.2) is 0 Å². The van der Waals surface area contributed by atoms with Crippen LogP contribution in [0.4, 0.5) is 5.69 Å². The van der Waals surface area contributed by atoms with Gasteiger partial charge < -0.3 is 21.1 Å². The summed E-state index contributed by atoms with van der Waals surface area (Å²) < 4.78 is 0. The molecule has 0 spiro atoms. The van der Waals surface area contributed by atoms with Crippen molar-refractivity contribution in [1.82, 2.24) is 10.3 Å². The molecule has 0 saturated carbocycles. The maximum atomic E-state index is 12.2. The summed E-state index contributed by atoms with van der Waals surface area (Å²) in [6.45, 7) is 4.59. The van der Waals surface area contributed by atoms with Gasteiger partial charge in [-0.1, -0.05) is 13.8 Å². The Morgan fingerprint density at radius 2 is 2.05 bits per heavy atom. The number of aliphatic hydroxyl groups is 1. The summed E-state index contributed by atoms with van der Waals surface area (Å²) in [6, 6.07) is 7.28. The third-order valence-corrected chi connectivity index (χ3v) is 4.35. The average molecular weight is 289 g/mol. The zero-order valence-electron chi connectivity index (χ0n) is 12.6. The molecule has 5 N–H and O–H groups in total. The lowest BCUT2D eigenvalue weighted by Gasteiger charge is -2.29. The van der Waals surface area contributed by atoms with Gasteiger partial charge in [-0.25, -0.2) is 0 Å². The van der Waals surface area contributed by atoms with Crippen molar-refractivity contribution >= 4 is 22.5 Å². The molecule has 114 valence electrons. The number of aromatic nitrogens is 1. The minimum atomic E-state index is -0.244. The van der Waals surface area contributed by atoms with Crippen molar-refractivity contribution < 1.29 is 9.90 Å². The molecule has 0 bridgehead atoms. The van der Waals surface area contributed by atoms with E-state index in [2.05, 4.69) is 10.3 Å². The van der Waals surface area contributed by atoms with Crippen LogP contribution in [0.2, 0.25) is 0 Å². The van der Waals surface area contributed by atoms with Gasteiger partial charge in [0.25, 0.3) is 5.91 Å². The van der Waals surface area contributed by atoms with Crippen molar-refractivity contribution in [2.45, 2.75) is 26.7 Å². The maximum Gasteiger partial charge on any atom is 0.267 e. The minimum Gasteiger partial charge on any atom is -0.399 e. The Hall–Kier alpha value is -2.01. The van der Waals surface area contributed by atoms with Crippen LogP contribution < -0.4 is 11.1 Å². The lowest BCUT2D eigenvalue weighted by Crippen LogP contribution is -2.39. The lowest BCUT2D eigenvalue weighted by atomic mass is 9.83. The molecule has 21 heavy (non-hydrogen) atoms. The predicted octanol–water partition coefficient (Wildman–Crippen LogP) is 2.28. The number of rotatable bonds is 6. The van der Waals surface area contributed by atoms with Gasteiger partial charge in [0.05, 0.1) is 6.61 Å². The lowest BCUT2D eigenvalue weighted by molar-refractivity contribution is 0.0847. The van der Waals surface area contributed by atoms with Gasteiger partial charge in [-0.2, -0.15) is 0 Å². The molecule has 1 amide bonds. The molecule has 5 heteroatoms. The SMILES string of the molecule is CCC(CC)(CO)CNC(=O)c1cc2cc(N)ccc2[nH]1. The van der Waals surface area contributed by atoms with Gasteiger partial charge in [-0.15, -0.1) is 0 Å². The van der Waals surface area contributed by atoms with Crippen molar-refractivity contribution in [2.75, 3.05) is 18.9 Å². The largest absolute Gasteiger partial charge is 0.399 e. The molecule has 0 radical (unpaired) electrons. The summed E-state index contributed by atoms with van der Waals surface area (Å²) in [6.07, 6.45) is 1.65. The van der Waals surface area contributed by atoms with Crippen molar-refractivity contribution in [3.8, 4) is 0 Å². The van der Waals surface area contributed by atoms with Crippen LogP contribution in [0.5, 0.6) is 0 Å². The van der Waals surface area contributed by atoms with Crippen LogP contribution in [0.3, 0.4) is 0 Å². The molecule has 1 aromatic carbocycles. The van der Waals surface area contributed by atoms with Crippen molar-refractivity contribution in [3.05, 3.63) is 30.0 Å². The Kier molecular flexibility index (Phi) is 4.53. The molecule has 1 heterocycles. The van der Waals surface area contributed by atoms with Gasteiger partial charge in [-0.05, 0) is 37.1 Å². The summed E-state index contributed by atoms with van der Waals surface area (Å²) in [4.78, 5) is 15.3. The van der Waals surface area contributed by atoms with Crippen LogP contribution >= 0.6 is 0 Å². The van der Waals surface area contributed by atoms with Gasteiger partial charge in [0.2, 0.25) is 0 Å². The second-order valence-electron chi connectivity index (χ2n) is 5.58. The molecule has 0 unspecified atom stereocenters. The smallest absolute Gasteiger partial charge is 0.267 e. The van der Waals surface area contributed by atoms with E-state index in [4.69, 9.17) is 5.73 Å². The molecule has 0 saturated heterocycles. The van der Waals surface area contributed by atoms with E-state index in [0.717, 1.165) is 23.7 Å². The van der Waals surface area contributed by atoms with Crippen molar-refractivity contribution in [1.29, 1.82) is 0 Å². The summed E-state index contributed by atoms with van der Waals surface area (Å²) >= 11 is 0. The van der Waals surface area contributed by atoms with E-state index in [1.165, 1.54) is 0 Å². The highest BCUT2D eigenvalue weighted by Gasteiger charge is 2.26. The average Bonchev–Trinajstić information content (AvgIpc) is 2.92. The fourth-order valence-corrected chi connectivity index (χ4v) is 2.42. The highest BCUT2D eigenvalue weighted by molar-refractivity contribution is 5.98. The number of nitrogen functional groups attached to an aromatic ring is 1. The third-order valence-electron chi connectivity index (χ3n) is 4.35. The number of nitrogens with two attached hydrogens (primary N) is 1. The zero-order chi connectivity index (χ0) is 15.5. The van der Waals surface area contributed by atoms with E-state index < -0.39 is 0 Å². The highest BCUT2D eigenvalue weighted by Crippen LogP contribution is 2.24. The van der Waals surface area contributed by atoms with E-state index >= 15 is 0 Å². The number of aliphatic hydroxyl groups excluding tert-OH is 1. The Morgan fingerprint density at radius 1 is 1.33 bits per heavy atom. The summed E-state index contributed by atoms with van der Waals surface area (Å²) in [5.74, 6) is -0.163. The first-order chi connectivity index (χ1) is 10.0. The number of carbonyl (C=O) groups excluding carboxylic acids is 1. The molecule has 0 aliphatic carbocycles. The quantitative estimate of drug-likeness (QED) is 0.615. The predicted molar refractivity (Wildman–Crippen MR) is 85.1 cm³/mol. The number of amides is 1. The van der Waals surface area contributed by atoms with Crippen LogP contribution in [0.15, 0.2) is 24.3 Å². The van der Waals surface area contributed by atoms with Crippen molar-refractivity contribution in [2.24, 2.45) is 5.41 Å². The second kappa shape index (κ2) is 6.18. The number of carbonyl (C=O) groups is 1. The van der Waals surface area contributed by atoms with E-state index in [0.29, 0.717) is 17.9 Å². The number of hydrogen-bond acceptors (Lipinski definition) is 3.